The fourth-order valence-corrected chi connectivity index (χ4v) is 2.43. The lowest BCUT2D eigenvalue weighted by Gasteiger charge is -2.14. The molecule has 0 heterocycles. The van der Waals surface area contributed by atoms with Gasteiger partial charge in [0.1, 0.15) is 5.75 Å². The molecule has 0 aliphatic rings. The first-order valence-corrected chi connectivity index (χ1v) is 8.31. The lowest BCUT2D eigenvalue weighted by molar-refractivity contribution is -0.384. The molecule has 0 aliphatic heterocycles. The third-order valence-corrected chi connectivity index (χ3v) is 3.81. The highest BCUT2D eigenvalue weighted by Crippen LogP contribution is 2.23. The molecule has 8 nitrogen and oxygen atoms in total. The van der Waals surface area contributed by atoms with Gasteiger partial charge in [-0.15, -0.1) is 0 Å². The lowest BCUT2D eigenvalue weighted by atomic mass is 10.1. The number of ether oxygens (including phenoxy) is 2. The van der Waals surface area contributed by atoms with E-state index >= 15 is 0 Å². The zero-order valence-corrected chi connectivity index (χ0v) is 15.2. The van der Waals surface area contributed by atoms with Crippen molar-refractivity contribution in [3.63, 3.8) is 0 Å². The first-order valence-electron chi connectivity index (χ1n) is 8.31. The van der Waals surface area contributed by atoms with Crippen molar-refractivity contribution in [1.29, 1.82) is 0 Å². The minimum atomic E-state index is -1.06. The summed E-state index contributed by atoms with van der Waals surface area (Å²) in [6, 6.07) is 10.3. The fraction of sp³-hybridized carbons (Fsp3) is 0.263. The maximum Gasteiger partial charge on any atom is 0.341 e. The number of nitrogens with zero attached hydrogens (tertiary/aromatic N) is 1. The van der Waals surface area contributed by atoms with Gasteiger partial charge in [0.05, 0.1) is 17.1 Å². The quantitative estimate of drug-likeness (QED) is 0.327. The van der Waals surface area contributed by atoms with Gasteiger partial charge in [-0.25, -0.2) is 4.79 Å². The number of carbonyl (C=O) groups excluding carboxylic acids is 2. The number of nitro groups is 1. The molecule has 0 aromatic heterocycles. The number of ketones is 1. The van der Waals surface area contributed by atoms with Crippen LogP contribution in [0.1, 0.15) is 34.6 Å². The number of nitro benzene ring substituents is 1. The number of carbonyl (C=O) groups is 2. The molecule has 2 aromatic carbocycles. The fourth-order valence-electron chi connectivity index (χ4n) is 2.43. The van der Waals surface area contributed by atoms with Gasteiger partial charge in [0.2, 0.25) is 5.78 Å². The highest BCUT2D eigenvalue weighted by atomic mass is 16.6. The number of non-ortho nitro benzene ring substituents is 1. The molecule has 0 aliphatic carbocycles. The summed E-state index contributed by atoms with van der Waals surface area (Å²) in [5.41, 5.74) is 0.474. The van der Waals surface area contributed by atoms with Crippen LogP contribution in [0.2, 0.25) is 0 Å². The molecule has 0 saturated carbocycles. The van der Waals surface area contributed by atoms with E-state index < -0.39 is 17.0 Å². The molecule has 27 heavy (non-hydrogen) atoms. The van der Waals surface area contributed by atoms with Crippen LogP contribution in [-0.4, -0.2) is 36.4 Å². The van der Waals surface area contributed by atoms with E-state index in [2.05, 4.69) is 5.32 Å². The van der Waals surface area contributed by atoms with Gasteiger partial charge >= 0.3 is 5.97 Å². The number of anilines is 1. The molecule has 0 radical (unpaired) electrons. The van der Waals surface area contributed by atoms with Crippen LogP contribution in [0.4, 0.5) is 11.4 Å². The number of hydrogen-bond acceptors (Lipinski definition) is 7. The second kappa shape index (κ2) is 8.79. The first kappa shape index (κ1) is 19.9. The average molecular weight is 372 g/mol. The van der Waals surface area contributed by atoms with E-state index in [1.54, 1.807) is 31.3 Å². The van der Waals surface area contributed by atoms with E-state index in [0.717, 1.165) is 6.07 Å². The molecular formula is C19H20N2O6. The molecule has 0 spiro atoms. The summed E-state index contributed by atoms with van der Waals surface area (Å²) in [6.07, 6.45) is -1.06. The lowest BCUT2D eigenvalue weighted by Crippen LogP contribution is -2.25. The number of Topliss-reactive ketones (excluding diaryl/α,β-unsaturated/α-hetero) is 1. The molecule has 0 fully saturated rings. The molecule has 2 rings (SSSR count). The van der Waals surface area contributed by atoms with Crippen molar-refractivity contribution in [2.75, 3.05) is 19.0 Å². The van der Waals surface area contributed by atoms with E-state index in [-0.39, 0.29) is 17.0 Å². The normalized spacial score (nSPS) is 11.4. The van der Waals surface area contributed by atoms with Gasteiger partial charge in [0.25, 0.3) is 5.69 Å². The molecule has 8 heteroatoms. The third-order valence-electron chi connectivity index (χ3n) is 3.81. The summed E-state index contributed by atoms with van der Waals surface area (Å²) in [7, 11) is 1.58. The van der Waals surface area contributed by atoms with Crippen molar-refractivity contribution in [3.8, 4) is 5.75 Å². The number of esters is 1. The first-order chi connectivity index (χ1) is 12.9. The second-order valence-electron chi connectivity index (χ2n) is 5.61. The average Bonchev–Trinajstić information content (AvgIpc) is 2.67. The van der Waals surface area contributed by atoms with Crippen molar-refractivity contribution in [2.24, 2.45) is 0 Å². The zero-order valence-electron chi connectivity index (χ0n) is 15.2. The van der Waals surface area contributed by atoms with Crippen LogP contribution >= 0.6 is 0 Å². The summed E-state index contributed by atoms with van der Waals surface area (Å²) in [6.45, 7) is 3.82. The zero-order chi connectivity index (χ0) is 20.0. The van der Waals surface area contributed by atoms with Crippen LogP contribution in [0.15, 0.2) is 42.5 Å². The molecule has 0 bridgehead atoms. The molecule has 0 unspecified atom stereocenters. The van der Waals surface area contributed by atoms with Gasteiger partial charge < -0.3 is 14.8 Å². The van der Waals surface area contributed by atoms with Crippen molar-refractivity contribution in [2.45, 2.75) is 20.0 Å². The topological polar surface area (TPSA) is 108 Å². The summed E-state index contributed by atoms with van der Waals surface area (Å²) in [5, 5.41) is 13.7. The Hall–Kier alpha value is -3.42. The SMILES string of the molecule is CCOc1ccc(C(=O)[C@@H](C)OC(=O)c2cc([N+](=O)[O-])ccc2NC)cc1. The Morgan fingerprint density at radius 1 is 1.19 bits per heavy atom. The van der Waals surface area contributed by atoms with Gasteiger partial charge in [-0.2, -0.15) is 0 Å². The van der Waals surface area contributed by atoms with Gasteiger partial charge in [0, 0.05) is 30.4 Å². The highest BCUT2D eigenvalue weighted by Gasteiger charge is 2.23. The Labute approximate surface area is 156 Å². The molecule has 0 amide bonds. The van der Waals surface area contributed by atoms with E-state index in [1.807, 2.05) is 6.92 Å². The van der Waals surface area contributed by atoms with Crippen LogP contribution in [0.3, 0.4) is 0 Å². The molecule has 142 valence electrons. The van der Waals surface area contributed by atoms with E-state index in [0.29, 0.717) is 23.6 Å². The Balaban J connectivity index is 2.15. The van der Waals surface area contributed by atoms with E-state index in [9.17, 15) is 19.7 Å². The molecule has 2 aromatic rings. The van der Waals surface area contributed by atoms with Gasteiger partial charge in [-0.1, -0.05) is 0 Å². The van der Waals surface area contributed by atoms with Crippen LogP contribution < -0.4 is 10.1 Å². The Bertz CT molecular complexity index is 848. The Morgan fingerprint density at radius 2 is 1.85 bits per heavy atom. The number of benzene rings is 2. The van der Waals surface area contributed by atoms with E-state index in [4.69, 9.17) is 9.47 Å². The summed E-state index contributed by atoms with van der Waals surface area (Å²) < 4.78 is 10.5. The molecular weight excluding hydrogens is 352 g/mol. The number of rotatable bonds is 8. The minimum Gasteiger partial charge on any atom is -0.494 e. The van der Waals surface area contributed by atoms with Crippen LogP contribution in [-0.2, 0) is 4.74 Å². The third kappa shape index (κ3) is 4.81. The predicted octanol–water partition coefficient (Wildman–Crippen LogP) is 3.46. The van der Waals surface area contributed by atoms with Gasteiger partial charge in [-0.3, -0.25) is 14.9 Å². The number of nitrogens with one attached hydrogen (secondary N) is 1. The summed E-state index contributed by atoms with van der Waals surface area (Å²) >= 11 is 0. The Morgan fingerprint density at radius 3 is 2.41 bits per heavy atom. The van der Waals surface area contributed by atoms with E-state index in [1.165, 1.54) is 19.1 Å². The van der Waals surface area contributed by atoms with Crippen LogP contribution in [0.25, 0.3) is 0 Å². The summed E-state index contributed by atoms with van der Waals surface area (Å²) in [4.78, 5) is 35.2. The monoisotopic (exact) mass is 372 g/mol. The van der Waals surface area contributed by atoms with Crippen molar-refractivity contribution in [3.05, 3.63) is 63.7 Å². The molecule has 0 saturated heterocycles. The standard InChI is InChI=1S/C19H20N2O6/c1-4-26-15-8-5-13(6-9-15)18(22)12(2)27-19(23)16-11-14(21(24)25)7-10-17(16)20-3/h5-12,20H,4H2,1-3H3/t12-/m1/s1. The number of hydrogen-bond donors (Lipinski definition) is 1. The Kier molecular flexibility index (Phi) is 6.48. The maximum absolute atomic E-state index is 12.5. The van der Waals surface area contributed by atoms with Crippen molar-refractivity contribution in [1.82, 2.24) is 0 Å². The predicted molar refractivity (Wildman–Crippen MR) is 99.5 cm³/mol. The molecule has 1 atom stereocenters. The summed E-state index contributed by atoms with van der Waals surface area (Å²) in [5.74, 6) is -0.577. The molecule has 1 N–H and O–H groups in total. The highest BCUT2D eigenvalue weighted by molar-refractivity contribution is 6.02. The van der Waals surface area contributed by atoms with Gasteiger partial charge in [-0.05, 0) is 44.2 Å². The van der Waals surface area contributed by atoms with Crippen molar-refractivity contribution < 1.29 is 24.0 Å². The largest absolute Gasteiger partial charge is 0.494 e. The smallest absolute Gasteiger partial charge is 0.341 e. The maximum atomic E-state index is 12.5. The van der Waals surface area contributed by atoms with Crippen LogP contribution in [0, 0.1) is 10.1 Å². The minimum absolute atomic E-state index is 0.0157. The van der Waals surface area contributed by atoms with Crippen molar-refractivity contribution >= 4 is 23.1 Å². The van der Waals surface area contributed by atoms with Crippen LogP contribution in [0.5, 0.6) is 5.75 Å². The van der Waals surface area contributed by atoms with Gasteiger partial charge in [0.15, 0.2) is 6.10 Å². The second-order valence-corrected chi connectivity index (χ2v) is 5.61.